The summed E-state index contributed by atoms with van der Waals surface area (Å²) in [6, 6.07) is 25.7. The van der Waals surface area contributed by atoms with Gasteiger partial charge in [-0.1, -0.05) is 72.8 Å². The molecule has 1 unspecified atom stereocenters. The number of methoxy groups -OCH3 is 1. The van der Waals surface area contributed by atoms with E-state index < -0.39 is 11.0 Å². The fourth-order valence-electron chi connectivity index (χ4n) is 3.39. The van der Waals surface area contributed by atoms with Gasteiger partial charge in [0.25, 0.3) is 5.69 Å². The summed E-state index contributed by atoms with van der Waals surface area (Å²) in [5.41, 5.74) is 3.04. The van der Waals surface area contributed by atoms with Gasteiger partial charge in [-0.15, -0.1) is 0 Å². The summed E-state index contributed by atoms with van der Waals surface area (Å²) in [5, 5.41) is 10.9. The van der Waals surface area contributed by atoms with Crippen LogP contribution in [-0.2, 0) is 29.0 Å². The number of non-ortho nitro benzene ring substituents is 1. The van der Waals surface area contributed by atoms with Crippen LogP contribution in [0.25, 0.3) is 0 Å². The van der Waals surface area contributed by atoms with Crippen molar-refractivity contribution in [1.82, 2.24) is 4.90 Å². The number of nitro groups is 1. The molecular formula is C24H24N2O4. The number of ether oxygens (including phenoxy) is 1. The zero-order valence-corrected chi connectivity index (χ0v) is 16.8. The van der Waals surface area contributed by atoms with Crippen molar-refractivity contribution in [3.05, 3.63) is 112 Å². The zero-order chi connectivity index (χ0) is 21.3. The Labute approximate surface area is 175 Å². The van der Waals surface area contributed by atoms with Gasteiger partial charge in [-0.25, -0.2) is 0 Å². The SMILES string of the molecule is COC(=O)C(Cc1ccc([N+](=O)[O-])cc1)N(Cc1ccccc1)Cc1ccccc1. The smallest absolute Gasteiger partial charge is 0.323 e. The Morgan fingerprint density at radius 1 is 0.867 bits per heavy atom. The molecule has 0 aromatic heterocycles. The molecule has 30 heavy (non-hydrogen) atoms. The molecule has 0 N–H and O–H groups in total. The van der Waals surface area contributed by atoms with E-state index in [-0.39, 0.29) is 11.7 Å². The lowest BCUT2D eigenvalue weighted by Gasteiger charge is -2.30. The van der Waals surface area contributed by atoms with Crippen molar-refractivity contribution in [2.75, 3.05) is 7.11 Å². The number of nitrogens with zero attached hydrogens (tertiary/aromatic N) is 2. The standard InChI is InChI=1S/C24H24N2O4/c1-30-24(27)23(16-19-12-14-22(15-13-19)26(28)29)25(17-20-8-4-2-5-9-20)18-21-10-6-3-7-11-21/h2-15,23H,16-18H2,1H3. The minimum absolute atomic E-state index is 0.0267. The molecule has 154 valence electrons. The molecule has 0 spiro atoms. The van der Waals surface area contributed by atoms with Crippen LogP contribution < -0.4 is 0 Å². The Hall–Kier alpha value is -3.51. The van der Waals surface area contributed by atoms with Crippen molar-refractivity contribution in [3.8, 4) is 0 Å². The van der Waals surface area contributed by atoms with E-state index in [9.17, 15) is 14.9 Å². The minimum Gasteiger partial charge on any atom is -0.468 e. The highest BCUT2D eigenvalue weighted by atomic mass is 16.6. The van der Waals surface area contributed by atoms with Gasteiger partial charge in [-0.05, 0) is 23.1 Å². The predicted octanol–water partition coefficient (Wildman–Crippen LogP) is 4.38. The first-order valence-electron chi connectivity index (χ1n) is 9.70. The van der Waals surface area contributed by atoms with Crippen molar-refractivity contribution < 1.29 is 14.5 Å². The maximum absolute atomic E-state index is 12.7. The van der Waals surface area contributed by atoms with Crippen molar-refractivity contribution >= 4 is 11.7 Å². The lowest BCUT2D eigenvalue weighted by Crippen LogP contribution is -2.42. The molecule has 0 amide bonds. The Morgan fingerprint density at radius 2 is 1.37 bits per heavy atom. The Kier molecular flexibility index (Phi) is 7.29. The quantitative estimate of drug-likeness (QED) is 0.301. The van der Waals surface area contributed by atoms with Crippen LogP contribution >= 0.6 is 0 Å². The second-order valence-corrected chi connectivity index (χ2v) is 7.04. The van der Waals surface area contributed by atoms with Crippen LogP contribution in [0.15, 0.2) is 84.9 Å². The van der Waals surface area contributed by atoms with E-state index in [0.29, 0.717) is 19.5 Å². The average Bonchev–Trinajstić information content (AvgIpc) is 2.78. The van der Waals surface area contributed by atoms with E-state index in [0.717, 1.165) is 16.7 Å². The highest BCUT2D eigenvalue weighted by molar-refractivity contribution is 5.76. The van der Waals surface area contributed by atoms with Gasteiger partial charge in [0, 0.05) is 25.2 Å². The molecular weight excluding hydrogens is 380 g/mol. The van der Waals surface area contributed by atoms with Crippen LogP contribution in [0.4, 0.5) is 5.69 Å². The number of benzene rings is 3. The van der Waals surface area contributed by atoms with E-state index in [1.165, 1.54) is 19.2 Å². The van der Waals surface area contributed by atoms with E-state index in [2.05, 4.69) is 4.90 Å². The van der Waals surface area contributed by atoms with E-state index >= 15 is 0 Å². The fraction of sp³-hybridized carbons (Fsp3) is 0.208. The summed E-state index contributed by atoms with van der Waals surface area (Å²) in [5.74, 6) is -0.333. The molecule has 3 aromatic rings. The number of hydrogen-bond acceptors (Lipinski definition) is 5. The predicted molar refractivity (Wildman–Crippen MR) is 115 cm³/mol. The molecule has 6 nitrogen and oxygen atoms in total. The van der Waals surface area contributed by atoms with Gasteiger partial charge in [0.05, 0.1) is 12.0 Å². The monoisotopic (exact) mass is 404 g/mol. The highest BCUT2D eigenvalue weighted by Gasteiger charge is 2.27. The van der Waals surface area contributed by atoms with E-state index in [4.69, 9.17) is 4.74 Å². The first kappa shape index (κ1) is 21.2. The summed E-state index contributed by atoms with van der Waals surface area (Å²) in [4.78, 5) is 25.3. The lowest BCUT2D eigenvalue weighted by atomic mass is 10.0. The van der Waals surface area contributed by atoms with Crippen LogP contribution in [0.5, 0.6) is 0 Å². The summed E-state index contributed by atoms with van der Waals surface area (Å²) in [6.07, 6.45) is 0.393. The fourth-order valence-corrected chi connectivity index (χ4v) is 3.39. The minimum atomic E-state index is -0.531. The number of esters is 1. The Balaban J connectivity index is 1.89. The van der Waals surface area contributed by atoms with Crippen molar-refractivity contribution in [1.29, 1.82) is 0 Å². The number of hydrogen-bond donors (Lipinski definition) is 0. The second-order valence-electron chi connectivity index (χ2n) is 7.04. The molecule has 1 atom stereocenters. The highest BCUT2D eigenvalue weighted by Crippen LogP contribution is 2.20. The number of carbonyl (C=O) groups excluding carboxylic acids is 1. The van der Waals surface area contributed by atoms with Gasteiger partial charge >= 0.3 is 5.97 Å². The van der Waals surface area contributed by atoms with Crippen LogP contribution in [0.3, 0.4) is 0 Å². The van der Waals surface area contributed by atoms with Crippen molar-refractivity contribution in [2.24, 2.45) is 0 Å². The van der Waals surface area contributed by atoms with Crippen LogP contribution in [0, 0.1) is 10.1 Å². The molecule has 0 heterocycles. The first-order valence-corrected chi connectivity index (χ1v) is 9.70. The average molecular weight is 404 g/mol. The lowest BCUT2D eigenvalue weighted by molar-refractivity contribution is -0.384. The number of carbonyl (C=O) groups is 1. The van der Waals surface area contributed by atoms with Gasteiger partial charge < -0.3 is 4.74 Å². The zero-order valence-electron chi connectivity index (χ0n) is 16.8. The van der Waals surface area contributed by atoms with E-state index in [1.807, 2.05) is 60.7 Å². The molecule has 0 bridgehead atoms. The third kappa shape index (κ3) is 5.75. The molecule has 0 aliphatic rings. The molecule has 0 aliphatic heterocycles. The summed E-state index contributed by atoms with van der Waals surface area (Å²) >= 11 is 0. The molecule has 6 heteroatoms. The Bertz CT molecular complexity index is 918. The molecule has 0 radical (unpaired) electrons. The number of rotatable bonds is 9. The Morgan fingerprint density at radius 3 is 1.80 bits per heavy atom. The summed E-state index contributed by atoms with van der Waals surface area (Å²) in [7, 11) is 1.38. The largest absolute Gasteiger partial charge is 0.468 e. The topological polar surface area (TPSA) is 72.7 Å². The van der Waals surface area contributed by atoms with Crippen LogP contribution in [0.1, 0.15) is 16.7 Å². The van der Waals surface area contributed by atoms with Gasteiger partial charge in [-0.2, -0.15) is 0 Å². The van der Waals surface area contributed by atoms with Crippen molar-refractivity contribution in [3.63, 3.8) is 0 Å². The van der Waals surface area contributed by atoms with E-state index in [1.54, 1.807) is 12.1 Å². The number of nitro benzene ring substituents is 1. The third-order valence-corrected chi connectivity index (χ3v) is 4.95. The third-order valence-electron chi connectivity index (χ3n) is 4.95. The maximum Gasteiger partial charge on any atom is 0.323 e. The first-order chi connectivity index (χ1) is 14.6. The molecule has 3 rings (SSSR count). The molecule has 0 aliphatic carbocycles. The molecule has 3 aromatic carbocycles. The molecule has 0 saturated carbocycles. The summed E-state index contributed by atoms with van der Waals surface area (Å²) in [6.45, 7) is 1.14. The summed E-state index contributed by atoms with van der Waals surface area (Å²) < 4.78 is 5.11. The van der Waals surface area contributed by atoms with Gasteiger partial charge in [0.15, 0.2) is 0 Å². The van der Waals surface area contributed by atoms with Crippen molar-refractivity contribution in [2.45, 2.75) is 25.6 Å². The molecule has 0 fully saturated rings. The maximum atomic E-state index is 12.7. The van der Waals surface area contributed by atoms with Crippen LogP contribution in [0.2, 0.25) is 0 Å². The van der Waals surface area contributed by atoms with Gasteiger partial charge in [-0.3, -0.25) is 19.8 Å². The normalized spacial score (nSPS) is 11.8. The second kappa shape index (κ2) is 10.3. The van der Waals surface area contributed by atoms with Crippen LogP contribution in [-0.4, -0.2) is 28.9 Å². The molecule has 0 saturated heterocycles. The van der Waals surface area contributed by atoms with Gasteiger partial charge in [0.2, 0.25) is 0 Å². The van der Waals surface area contributed by atoms with Gasteiger partial charge in [0.1, 0.15) is 6.04 Å².